The summed E-state index contributed by atoms with van der Waals surface area (Å²) in [5.41, 5.74) is 0.794. The van der Waals surface area contributed by atoms with E-state index in [4.69, 9.17) is 5.26 Å². The summed E-state index contributed by atoms with van der Waals surface area (Å²) < 4.78 is 26.4. The van der Waals surface area contributed by atoms with Crippen molar-refractivity contribution in [3.8, 4) is 11.8 Å². The molecule has 0 spiro atoms. The highest BCUT2D eigenvalue weighted by atomic mass is 32.2. The van der Waals surface area contributed by atoms with Gasteiger partial charge in [0.25, 0.3) is 10.0 Å². The zero-order valence-corrected chi connectivity index (χ0v) is 10.6. The number of nitrogens with one attached hydrogen (secondary N) is 1. The van der Waals surface area contributed by atoms with Gasteiger partial charge < -0.3 is 5.11 Å². The zero-order valence-electron chi connectivity index (χ0n) is 9.74. The van der Waals surface area contributed by atoms with E-state index in [0.29, 0.717) is 11.3 Å². The molecular weight excluding hydrogens is 264 g/mol. The fraction of sp³-hybridized carbons (Fsp3) is 0. The van der Waals surface area contributed by atoms with Crippen molar-refractivity contribution < 1.29 is 13.5 Å². The number of benzene rings is 2. The molecule has 0 aliphatic carbocycles. The Morgan fingerprint density at radius 3 is 2.37 bits per heavy atom. The van der Waals surface area contributed by atoms with E-state index in [9.17, 15) is 13.5 Å². The number of nitrogens with zero attached hydrogens (tertiary/aromatic N) is 1. The Morgan fingerprint density at radius 1 is 1.11 bits per heavy atom. The maximum absolute atomic E-state index is 12.0. The Labute approximate surface area is 110 Å². The highest BCUT2D eigenvalue weighted by Gasteiger charge is 2.14. The van der Waals surface area contributed by atoms with Crippen LogP contribution in [0.25, 0.3) is 0 Å². The molecule has 0 unspecified atom stereocenters. The molecule has 2 aromatic carbocycles. The van der Waals surface area contributed by atoms with Crippen LogP contribution in [0.2, 0.25) is 0 Å². The van der Waals surface area contributed by atoms with E-state index in [2.05, 4.69) is 4.72 Å². The van der Waals surface area contributed by atoms with Crippen LogP contribution in [0.5, 0.6) is 5.75 Å². The van der Waals surface area contributed by atoms with Gasteiger partial charge in [-0.25, -0.2) is 8.42 Å². The molecule has 5 nitrogen and oxygen atoms in total. The monoisotopic (exact) mass is 274 g/mol. The SMILES string of the molecule is N#Cc1ccc(NS(=O)(=O)c2cccc(O)c2)cc1. The number of phenolic OH excluding ortho intramolecular Hbond substituents is 1. The molecule has 0 bridgehead atoms. The van der Waals surface area contributed by atoms with Crippen LogP contribution in [0.4, 0.5) is 5.69 Å². The number of rotatable bonds is 3. The molecule has 19 heavy (non-hydrogen) atoms. The van der Waals surface area contributed by atoms with Gasteiger partial charge in [-0.2, -0.15) is 5.26 Å². The van der Waals surface area contributed by atoms with Crippen LogP contribution in [0, 0.1) is 11.3 Å². The van der Waals surface area contributed by atoms with E-state index in [1.807, 2.05) is 6.07 Å². The molecule has 2 N–H and O–H groups in total. The van der Waals surface area contributed by atoms with Crippen LogP contribution in [0.1, 0.15) is 5.56 Å². The number of nitriles is 1. The number of aromatic hydroxyl groups is 1. The van der Waals surface area contributed by atoms with Crippen molar-refractivity contribution in [3.63, 3.8) is 0 Å². The highest BCUT2D eigenvalue weighted by molar-refractivity contribution is 7.92. The summed E-state index contributed by atoms with van der Waals surface area (Å²) in [5.74, 6) is -0.122. The van der Waals surface area contributed by atoms with E-state index in [1.54, 1.807) is 0 Å². The Kier molecular flexibility index (Phi) is 3.40. The van der Waals surface area contributed by atoms with Gasteiger partial charge in [0.1, 0.15) is 5.75 Å². The second kappa shape index (κ2) is 5.00. The van der Waals surface area contributed by atoms with Crippen LogP contribution >= 0.6 is 0 Å². The molecular formula is C13H10N2O3S. The van der Waals surface area contributed by atoms with Gasteiger partial charge >= 0.3 is 0 Å². The molecule has 0 aliphatic rings. The van der Waals surface area contributed by atoms with Gasteiger partial charge in [0.15, 0.2) is 0 Å². The molecule has 2 aromatic rings. The molecule has 96 valence electrons. The lowest BCUT2D eigenvalue weighted by Gasteiger charge is -2.08. The third kappa shape index (κ3) is 3.03. The maximum atomic E-state index is 12.0. The van der Waals surface area contributed by atoms with Crippen molar-refractivity contribution >= 4 is 15.7 Å². The summed E-state index contributed by atoms with van der Waals surface area (Å²) in [6.45, 7) is 0. The molecule has 0 heterocycles. The molecule has 0 aliphatic heterocycles. The van der Waals surface area contributed by atoms with Gasteiger partial charge in [0.05, 0.1) is 16.5 Å². The third-order valence-corrected chi connectivity index (χ3v) is 3.77. The number of phenols is 1. The molecule has 0 saturated heterocycles. The summed E-state index contributed by atoms with van der Waals surface area (Å²) in [4.78, 5) is -0.0307. The lowest BCUT2D eigenvalue weighted by Crippen LogP contribution is -2.12. The minimum Gasteiger partial charge on any atom is -0.508 e. The van der Waals surface area contributed by atoms with Gasteiger partial charge in [-0.3, -0.25) is 4.72 Å². The summed E-state index contributed by atoms with van der Waals surface area (Å²) in [5, 5.41) is 17.9. The maximum Gasteiger partial charge on any atom is 0.262 e. The first-order valence-corrected chi connectivity index (χ1v) is 6.81. The van der Waals surface area contributed by atoms with Crippen molar-refractivity contribution in [1.29, 1.82) is 5.26 Å². The number of hydrogen-bond acceptors (Lipinski definition) is 4. The summed E-state index contributed by atoms with van der Waals surface area (Å²) in [6, 6.07) is 13.3. The van der Waals surface area contributed by atoms with Gasteiger partial charge in [0, 0.05) is 11.8 Å². The van der Waals surface area contributed by atoms with Crippen molar-refractivity contribution in [3.05, 3.63) is 54.1 Å². The van der Waals surface area contributed by atoms with E-state index in [0.717, 1.165) is 6.07 Å². The van der Waals surface area contributed by atoms with Crippen molar-refractivity contribution in [2.75, 3.05) is 4.72 Å². The molecule has 0 saturated carbocycles. The lowest BCUT2D eigenvalue weighted by molar-refractivity contribution is 0.473. The zero-order chi connectivity index (χ0) is 13.9. The van der Waals surface area contributed by atoms with E-state index >= 15 is 0 Å². The second-order valence-corrected chi connectivity index (χ2v) is 5.47. The summed E-state index contributed by atoms with van der Waals surface area (Å²) >= 11 is 0. The Morgan fingerprint density at radius 2 is 1.79 bits per heavy atom. The Bertz CT molecular complexity index is 731. The third-order valence-electron chi connectivity index (χ3n) is 2.39. The highest BCUT2D eigenvalue weighted by Crippen LogP contribution is 2.19. The van der Waals surface area contributed by atoms with Crippen LogP contribution in [0.3, 0.4) is 0 Å². The number of hydrogen-bond donors (Lipinski definition) is 2. The van der Waals surface area contributed by atoms with Crippen molar-refractivity contribution in [2.24, 2.45) is 0 Å². The first-order chi connectivity index (χ1) is 9.01. The van der Waals surface area contributed by atoms with Crippen LogP contribution in [-0.4, -0.2) is 13.5 Å². The average molecular weight is 274 g/mol. The van der Waals surface area contributed by atoms with Gasteiger partial charge in [0.2, 0.25) is 0 Å². The molecule has 2 rings (SSSR count). The van der Waals surface area contributed by atoms with Crippen LogP contribution < -0.4 is 4.72 Å². The van der Waals surface area contributed by atoms with Crippen LogP contribution in [0.15, 0.2) is 53.4 Å². The molecule has 0 radical (unpaired) electrons. The quantitative estimate of drug-likeness (QED) is 0.896. The summed E-state index contributed by atoms with van der Waals surface area (Å²) in [7, 11) is -3.75. The first kappa shape index (κ1) is 12.9. The predicted octanol–water partition coefficient (Wildman–Crippen LogP) is 2.06. The summed E-state index contributed by atoms with van der Waals surface area (Å²) in [6.07, 6.45) is 0. The molecule has 0 amide bonds. The average Bonchev–Trinajstić information content (AvgIpc) is 2.39. The van der Waals surface area contributed by atoms with Crippen LogP contribution in [-0.2, 0) is 10.0 Å². The predicted molar refractivity (Wildman–Crippen MR) is 70.1 cm³/mol. The van der Waals surface area contributed by atoms with Gasteiger partial charge in [-0.15, -0.1) is 0 Å². The Hall–Kier alpha value is -2.52. The number of anilines is 1. The molecule has 0 fully saturated rings. The minimum atomic E-state index is -3.75. The van der Waals surface area contributed by atoms with Gasteiger partial charge in [-0.05, 0) is 36.4 Å². The fourth-order valence-electron chi connectivity index (χ4n) is 1.48. The second-order valence-electron chi connectivity index (χ2n) is 3.79. The smallest absolute Gasteiger partial charge is 0.262 e. The normalized spacial score (nSPS) is 10.7. The van der Waals surface area contributed by atoms with Crippen molar-refractivity contribution in [2.45, 2.75) is 4.90 Å². The molecule has 0 aromatic heterocycles. The van der Waals surface area contributed by atoms with E-state index in [-0.39, 0.29) is 10.6 Å². The lowest BCUT2D eigenvalue weighted by atomic mass is 10.2. The van der Waals surface area contributed by atoms with E-state index < -0.39 is 10.0 Å². The fourth-order valence-corrected chi connectivity index (χ4v) is 2.58. The van der Waals surface area contributed by atoms with E-state index in [1.165, 1.54) is 42.5 Å². The Balaban J connectivity index is 2.28. The number of sulfonamides is 1. The standard InChI is InChI=1S/C13H10N2O3S/c14-9-10-4-6-11(7-5-10)15-19(17,18)13-3-1-2-12(16)8-13/h1-8,15-16H. The molecule has 6 heteroatoms. The van der Waals surface area contributed by atoms with Crippen molar-refractivity contribution in [1.82, 2.24) is 0 Å². The topological polar surface area (TPSA) is 90.2 Å². The minimum absolute atomic E-state index is 0.0307. The largest absolute Gasteiger partial charge is 0.508 e. The van der Waals surface area contributed by atoms with Gasteiger partial charge in [-0.1, -0.05) is 6.07 Å². The first-order valence-electron chi connectivity index (χ1n) is 5.33. The molecule has 0 atom stereocenters.